The van der Waals surface area contributed by atoms with E-state index in [2.05, 4.69) is 15.8 Å². The van der Waals surface area contributed by atoms with Crippen LogP contribution in [-0.4, -0.2) is 48.9 Å². The summed E-state index contributed by atoms with van der Waals surface area (Å²) < 4.78 is 9.78. The highest BCUT2D eigenvalue weighted by molar-refractivity contribution is 7.80. The molecule has 0 saturated carbocycles. The number of rotatable bonds is 6. The first-order valence-corrected chi connectivity index (χ1v) is 6.15. The van der Waals surface area contributed by atoms with E-state index in [0.29, 0.717) is 23.8 Å². The molecule has 0 heterocycles. The number of phenolic OH excluding ortho intramolecular Hbond substituents is 2. The van der Waals surface area contributed by atoms with Crippen LogP contribution in [0.15, 0.2) is 17.2 Å². The van der Waals surface area contributed by atoms with Crippen LogP contribution in [0, 0.1) is 0 Å². The van der Waals surface area contributed by atoms with Gasteiger partial charge in [-0.2, -0.15) is 5.10 Å². The Bertz CT molecular complexity index is 494. The lowest BCUT2D eigenvalue weighted by Crippen LogP contribution is -2.34. The number of nitrogens with zero attached hydrogens (tertiary/aromatic N) is 1. The van der Waals surface area contributed by atoms with Crippen molar-refractivity contribution in [2.45, 2.75) is 0 Å². The van der Waals surface area contributed by atoms with E-state index in [1.54, 1.807) is 7.11 Å². The van der Waals surface area contributed by atoms with Crippen molar-refractivity contribution in [3.8, 4) is 17.2 Å². The molecule has 8 heteroatoms. The standard InChI is InChI=1S/C12H17N3O4S/c1-18-4-3-13-12(20)15-14-7-8-5-9(16)11(17)10(6-8)19-2/h5-7,16-17H,3-4H2,1-2H3,(H2,13,15,20)/b14-7+. The van der Waals surface area contributed by atoms with Crippen LogP contribution in [0.2, 0.25) is 0 Å². The summed E-state index contributed by atoms with van der Waals surface area (Å²) >= 11 is 4.97. The zero-order valence-electron chi connectivity index (χ0n) is 11.2. The van der Waals surface area contributed by atoms with Crippen molar-refractivity contribution in [1.29, 1.82) is 0 Å². The van der Waals surface area contributed by atoms with Crippen molar-refractivity contribution in [3.63, 3.8) is 0 Å². The zero-order valence-corrected chi connectivity index (χ0v) is 12.0. The summed E-state index contributed by atoms with van der Waals surface area (Å²) in [5.74, 6) is -0.437. The Morgan fingerprint density at radius 1 is 1.40 bits per heavy atom. The van der Waals surface area contributed by atoms with Crippen molar-refractivity contribution in [2.75, 3.05) is 27.4 Å². The molecule has 0 radical (unpaired) electrons. The monoisotopic (exact) mass is 299 g/mol. The van der Waals surface area contributed by atoms with Crippen LogP contribution in [0.5, 0.6) is 17.2 Å². The largest absolute Gasteiger partial charge is 0.504 e. The number of benzene rings is 1. The van der Waals surface area contributed by atoms with Gasteiger partial charge in [0.05, 0.1) is 19.9 Å². The number of hydrogen-bond acceptors (Lipinski definition) is 6. The molecule has 0 aliphatic heterocycles. The molecule has 0 fully saturated rings. The number of thiocarbonyl (C=S) groups is 1. The van der Waals surface area contributed by atoms with Crippen molar-refractivity contribution in [2.24, 2.45) is 5.10 Å². The van der Waals surface area contributed by atoms with E-state index in [9.17, 15) is 10.2 Å². The molecular weight excluding hydrogens is 282 g/mol. The first-order chi connectivity index (χ1) is 9.58. The lowest BCUT2D eigenvalue weighted by molar-refractivity contribution is 0.204. The molecule has 0 amide bonds. The van der Waals surface area contributed by atoms with E-state index >= 15 is 0 Å². The summed E-state index contributed by atoms with van der Waals surface area (Å²) in [6, 6.07) is 2.88. The van der Waals surface area contributed by atoms with Crippen molar-refractivity contribution >= 4 is 23.5 Å². The van der Waals surface area contributed by atoms with E-state index in [1.807, 2.05) is 0 Å². The summed E-state index contributed by atoms with van der Waals surface area (Å²) in [5, 5.41) is 26.1. The number of methoxy groups -OCH3 is 2. The molecule has 20 heavy (non-hydrogen) atoms. The van der Waals surface area contributed by atoms with Gasteiger partial charge in [-0.1, -0.05) is 0 Å². The first-order valence-electron chi connectivity index (χ1n) is 5.74. The van der Waals surface area contributed by atoms with Crippen LogP contribution in [0.1, 0.15) is 5.56 Å². The topological polar surface area (TPSA) is 95.3 Å². The molecule has 0 aliphatic carbocycles. The maximum absolute atomic E-state index is 9.50. The average Bonchev–Trinajstić information content (AvgIpc) is 2.42. The molecule has 4 N–H and O–H groups in total. The molecule has 110 valence electrons. The summed E-state index contributed by atoms with van der Waals surface area (Å²) in [7, 11) is 2.99. The third-order valence-corrected chi connectivity index (χ3v) is 2.50. The Labute approximate surface area is 122 Å². The Morgan fingerprint density at radius 2 is 2.15 bits per heavy atom. The zero-order chi connectivity index (χ0) is 15.0. The van der Waals surface area contributed by atoms with Gasteiger partial charge in [0.25, 0.3) is 0 Å². The Kier molecular flexibility index (Phi) is 6.54. The van der Waals surface area contributed by atoms with E-state index in [0.717, 1.165) is 0 Å². The van der Waals surface area contributed by atoms with Crippen LogP contribution in [0.3, 0.4) is 0 Å². The van der Waals surface area contributed by atoms with Gasteiger partial charge in [0.1, 0.15) is 0 Å². The molecule has 0 unspecified atom stereocenters. The molecular formula is C12H17N3O4S. The number of phenols is 2. The molecule has 1 aromatic rings. The van der Waals surface area contributed by atoms with Crippen molar-refractivity contribution in [1.82, 2.24) is 10.7 Å². The minimum Gasteiger partial charge on any atom is -0.504 e. The fourth-order valence-electron chi connectivity index (χ4n) is 1.32. The molecule has 0 aliphatic rings. The summed E-state index contributed by atoms with van der Waals surface area (Å²) in [6.07, 6.45) is 1.44. The lowest BCUT2D eigenvalue weighted by atomic mass is 10.2. The van der Waals surface area contributed by atoms with Crippen LogP contribution in [-0.2, 0) is 4.74 Å². The Morgan fingerprint density at radius 3 is 2.80 bits per heavy atom. The molecule has 7 nitrogen and oxygen atoms in total. The number of hydrazone groups is 1. The van der Waals surface area contributed by atoms with Gasteiger partial charge in [-0.25, -0.2) is 0 Å². The summed E-state index contributed by atoms with van der Waals surface area (Å²) in [4.78, 5) is 0. The second kappa shape index (κ2) is 8.18. The predicted octanol–water partition coefficient (Wildman–Crippen LogP) is 0.551. The highest BCUT2D eigenvalue weighted by atomic mass is 32.1. The van der Waals surface area contributed by atoms with Crippen LogP contribution >= 0.6 is 12.2 Å². The fourth-order valence-corrected chi connectivity index (χ4v) is 1.47. The molecule has 0 bridgehead atoms. The van der Waals surface area contributed by atoms with E-state index in [1.165, 1.54) is 25.5 Å². The SMILES string of the molecule is COCCNC(=S)N/N=C/c1cc(O)c(O)c(OC)c1. The molecule has 0 spiro atoms. The predicted molar refractivity (Wildman–Crippen MR) is 79.5 cm³/mol. The molecule has 1 aromatic carbocycles. The second-order valence-corrected chi connectivity index (χ2v) is 4.12. The second-order valence-electron chi connectivity index (χ2n) is 3.71. The van der Waals surface area contributed by atoms with E-state index < -0.39 is 0 Å². The normalized spacial score (nSPS) is 10.5. The van der Waals surface area contributed by atoms with Gasteiger partial charge in [-0.15, -0.1) is 0 Å². The Balaban J connectivity index is 2.58. The minimum atomic E-state index is -0.311. The molecule has 0 saturated heterocycles. The van der Waals surface area contributed by atoms with Crippen LogP contribution in [0.25, 0.3) is 0 Å². The summed E-state index contributed by atoms with van der Waals surface area (Å²) in [5.41, 5.74) is 3.16. The number of ether oxygens (including phenoxy) is 2. The van der Waals surface area contributed by atoms with Crippen molar-refractivity contribution in [3.05, 3.63) is 17.7 Å². The maximum atomic E-state index is 9.50. The summed E-state index contributed by atoms with van der Waals surface area (Å²) in [6.45, 7) is 1.11. The third kappa shape index (κ3) is 4.90. The number of nitrogens with one attached hydrogen (secondary N) is 2. The van der Waals surface area contributed by atoms with Gasteiger partial charge in [0.2, 0.25) is 5.75 Å². The van der Waals surface area contributed by atoms with Gasteiger partial charge < -0.3 is 25.0 Å². The van der Waals surface area contributed by atoms with Gasteiger partial charge in [0.15, 0.2) is 16.6 Å². The first kappa shape index (κ1) is 16.0. The average molecular weight is 299 g/mol. The number of aromatic hydroxyl groups is 2. The van der Waals surface area contributed by atoms with E-state index in [4.69, 9.17) is 21.7 Å². The van der Waals surface area contributed by atoms with Gasteiger partial charge in [0, 0.05) is 19.2 Å². The highest BCUT2D eigenvalue weighted by Gasteiger charge is 2.08. The molecule has 0 aromatic heterocycles. The van der Waals surface area contributed by atoms with Gasteiger partial charge >= 0.3 is 0 Å². The van der Waals surface area contributed by atoms with E-state index in [-0.39, 0.29) is 17.2 Å². The van der Waals surface area contributed by atoms with Crippen LogP contribution < -0.4 is 15.5 Å². The van der Waals surface area contributed by atoms with Crippen molar-refractivity contribution < 1.29 is 19.7 Å². The molecule has 1 rings (SSSR count). The third-order valence-electron chi connectivity index (χ3n) is 2.27. The Hall–Kier alpha value is -2.06. The lowest BCUT2D eigenvalue weighted by Gasteiger charge is -2.07. The maximum Gasteiger partial charge on any atom is 0.200 e. The van der Waals surface area contributed by atoms with Gasteiger partial charge in [-0.3, -0.25) is 5.43 Å². The number of hydrogen-bond donors (Lipinski definition) is 4. The van der Waals surface area contributed by atoms with Crippen LogP contribution in [0.4, 0.5) is 0 Å². The molecule has 0 atom stereocenters. The van der Waals surface area contributed by atoms with Gasteiger partial charge in [-0.05, 0) is 24.4 Å². The fraction of sp³-hybridized carbons (Fsp3) is 0.333. The highest BCUT2D eigenvalue weighted by Crippen LogP contribution is 2.35. The minimum absolute atomic E-state index is 0.159. The quantitative estimate of drug-likeness (QED) is 0.200. The smallest absolute Gasteiger partial charge is 0.200 e.